The van der Waals surface area contributed by atoms with Crippen LogP contribution in [0, 0.1) is 5.92 Å². The predicted molar refractivity (Wildman–Crippen MR) is 159 cm³/mol. The van der Waals surface area contributed by atoms with Crippen LogP contribution in [0.1, 0.15) is 68.0 Å². The largest absolute Gasteiger partial charge is 0.480 e. The lowest BCUT2D eigenvalue weighted by Crippen LogP contribution is -2.37. The van der Waals surface area contributed by atoms with Crippen LogP contribution >= 0.6 is 11.3 Å². The van der Waals surface area contributed by atoms with Crippen molar-refractivity contribution < 1.29 is 18.3 Å². The van der Waals surface area contributed by atoms with E-state index >= 15 is 0 Å². The Hall–Kier alpha value is -2.75. The Morgan fingerprint density at radius 1 is 1.08 bits per heavy atom. The number of thiazole rings is 1. The standard InChI is InChI=1S/C30H39N3O4S2/c1-22(2)18-33(39(36,37)21-30(34)35)19-29-32-28(20-38-29)26-12-14-27(15-13-26)31-17-16-23-8-10-25(11-9-23)24-6-4-3-5-7-24/h8-15,20,22,24,31H,3-7,16-19,21H2,1-2H3,(H,34,35). The molecule has 2 N–H and O–H groups in total. The molecular formula is C30H39N3O4S2. The lowest BCUT2D eigenvalue weighted by Gasteiger charge is -2.22. The molecule has 7 nitrogen and oxygen atoms in total. The van der Waals surface area contributed by atoms with Gasteiger partial charge in [0.15, 0.2) is 5.75 Å². The van der Waals surface area contributed by atoms with Gasteiger partial charge in [-0.2, -0.15) is 4.31 Å². The van der Waals surface area contributed by atoms with E-state index in [2.05, 4.69) is 34.6 Å². The van der Waals surface area contributed by atoms with Crippen LogP contribution in [0.5, 0.6) is 0 Å². The molecule has 0 bridgehead atoms. The summed E-state index contributed by atoms with van der Waals surface area (Å²) in [6, 6.07) is 17.2. The van der Waals surface area contributed by atoms with Gasteiger partial charge in [-0.3, -0.25) is 4.79 Å². The Kier molecular flexibility index (Phi) is 10.2. The van der Waals surface area contributed by atoms with Gasteiger partial charge in [0.25, 0.3) is 0 Å². The van der Waals surface area contributed by atoms with Crippen molar-refractivity contribution in [1.29, 1.82) is 0 Å². The summed E-state index contributed by atoms with van der Waals surface area (Å²) in [5.74, 6) is -1.47. The molecule has 1 fully saturated rings. The average Bonchev–Trinajstić information content (AvgIpc) is 3.37. The zero-order chi connectivity index (χ0) is 27.8. The van der Waals surface area contributed by atoms with Crippen molar-refractivity contribution >= 4 is 33.0 Å². The molecule has 0 aliphatic heterocycles. The molecule has 1 aromatic heterocycles. The number of hydrogen-bond acceptors (Lipinski definition) is 6. The average molecular weight is 570 g/mol. The topological polar surface area (TPSA) is 99.6 Å². The summed E-state index contributed by atoms with van der Waals surface area (Å²) in [4.78, 5) is 15.7. The van der Waals surface area contributed by atoms with Gasteiger partial charge >= 0.3 is 5.97 Å². The van der Waals surface area contributed by atoms with Gasteiger partial charge in [-0.15, -0.1) is 11.3 Å². The maximum absolute atomic E-state index is 12.6. The van der Waals surface area contributed by atoms with Crippen molar-refractivity contribution in [3.63, 3.8) is 0 Å². The fourth-order valence-corrected chi connectivity index (χ4v) is 7.34. The minimum atomic E-state index is -3.92. The van der Waals surface area contributed by atoms with Crippen LogP contribution in [0.3, 0.4) is 0 Å². The summed E-state index contributed by atoms with van der Waals surface area (Å²) in [6.45, 7) is 4.97. The second-order valence-electron chi connectivity index (χ2n) is 10.8. The highest BCUT2D eigenvalue weighted by Crippen LogP contribution is 2.32. The van der Waals surface area contributed by atoms with Gasteiger partial charge in [0.05, 0.1) is 12.2 Å². The summed E-state index contributed by atoms with van der Waals surface area (Å²) in [5.41, 5.74) is 5.59. The maximum atomic E-state index is 12.6. The molecule has 2 aromatic carbocycles. The normalized spacial score (nSPS) is 14.7. The van der Waals surface area contributed by atoms with Crippen LogP contribution in [0.4, 0.5) is 5.69 Å². The number of rotatable bonds is 13. The Morgan fingerprint density at radius 3 is 2.41 bits per heavy atom. The van der Waals surface area contributed by atoms with E-state index in [-0.39, 0.29) is 19.0 Å². The summed E-state index contributed by atoms with van der Waals surface area (Å²) >= 11 is 1.38. The van der Waals surface area contributed by atoms with E-state index in [9.17, 15) is 13.2 Å². The van der Waals surface area contributed by atoms with Crippen molar-refractivity contribution in [1.82, 2.24) is 9.29 Å². The van der Waals surface area contributed by atoms with Crippen molar-refractivity contribution in [3.05, 3.63) is 70.0 Å². The maximum Gasteiger partial charge on any atom is 0.320 e. The molecule has 1 aliphatic carbocycles. The lowest BCUT2D eigenvalue weighted by atomic mass is 9.84. The minimum absolute atomic E-state index is 0.0639. The van der Waals surface area contributed by atoms with Gasteiger partial charge in [0.2, 0.25) is 10.0 Å². The Morgan fingerprint density at radius 2 is 1.77 bits per heavy atom. The van der Waals surface area contributed by atoms with Gasteiger partial charge in [-0.25, -0.2) is 13.4 Å². The van der Waals surface area contributed by atoms with Crippen LogP contribution in [0.25, 0.3) is 11.3 Å². The van der Waals surface area contributed by atoms with E-state index in [4.69, 9.17) is 5.11 Å². The zero-order valence-electron chi connectivity index (χ0n) is 22.8. The molecule has 39 heavy (non-hydrogen) atoms. The SMILES string of the molecule is CC(C)CN(Cc1nc(-c2ccc(NCCc3ccc(C4CCCCC4)cc3)cc2)cs1)S(=O)(=O)CC(=O)O. The predicted octanol–water partition coefficient (Wildman–Crippen LogP) is 6.38. The first kappa shape index (κ1) is 29.2. The fourth-order valence-electron chi connectivity index (χ4n) is 5.10. The van der Waals surface area contributed by atoms with E-state index in [1.54, 1.807) is 0 Å². The minimum Gasteiger partial charge on any atom is -0.480 e. The molecule has 1 saturated carbocycles. The Balaban J connectivity index is 1.30. The third-order valence-corrected chi connectivity index (χ3v) is 9.62. The molecule has 9 heteroatoms. The molecule has 1 heterocycles. The number of carboxylic acid groups (broad SMARTS) is 1. The number of aromatic nitrogens is 1. The van der Waals surface area contributed by atoms with Gasteiger partial charge in [-0.05, 0) is 54.4 Å². The first-order chi connectivity index (χ1) is 18.7. The van der Waals surface area contributed by atoms with Gasteiger partial charge in [0.1, 0.15) is 5.01 Å². The van der Waals surface area contributed by atoms with E-state index in [1.165, 1.54) is 58.9 Å². The number of anilines is 1. The highest BCUT2D eigenvalue weighted by atomic mass is 32.2. The molecule has 0 amide bonds. The molecular weight excluding hydrogens is 530 g/mol. The summed E-state index contributed by atoms with van der Waals surface area (Å²) < 4.78 is 26.4. The molecule has 1 aliphatic rings. The van der Waals surface area contributed by atoms with Crippen LogP contribution in [0.2, 0.25) is 0 Å². The number of nitrogens with zero attached hydrogens (tertiary/aromatic N) is 2. The zero-order valence-corrected chi connectivity index (χ0v) is 24.4. The van der Waals surface area contributed by atoms with Crippen LogP contribution < -0.4 is 5.32 Å². The number of carbonyl (C=O) groups is 1. The van der Waals surface area contributed by atoms with Gasteiger partial charge < -0.3 is 10.4 Å². The Bertz CT molecular complexity index is 1310. The van der Waals surface area contributed by atoms with Gasteiger partial charge in [0, 0.05) is 29.7 Å². The van der Waals surface area contributed by atoms with Crippen molar-refractivity contribution in [2.75, 3.05) is 24.2 Å². The number of hydrogen-bond donors (Lipinski definition) is 2. The molecule has 0 atom stereocenters. The lowest BCUT2D eigenvalue weighted by molar-refractivity contribution is -0.134. The first-order valence-electron chi connectivity index (χ1n) is 13.8. The van der Waals surface area contributed by atoms with Gasteiger partial charge in [-0.1, -0.05) is 69.5 Å². The van der Waals surface area contributed by atoms with E-state index < -0.39 is 21.7 Å². The van der Waals surface area contributed by atoms with E-state index in [0.29, 0.717) is 5.01 Å². The quantitative estimate of drug-likeness (QED) is 0.248. The third-order valence-electron chi connectivity index (χ3n) is 7.11. The second-order valence-corrected chi connectivity index (χ2v) is 13.7. The van der Waals surface area contributed by atoms with E-state index in [0.717, 1.165) is 35.8 Å². The molecule has 0 radical (unpaired) electrons. The number of aliphatic carboxylic acids is 1. The number of nitrogens with one attached hydrogen (secondary N) is 1. The first-order valence-corrected chi connectivity index (χ1v) is 16.3. The van der Waals surface area contributed by atoms with Crippen molar-refractivity contribution in [3.8, 4) is 11.3 Å². The summed E-state index contributed by atoms with van der Waals surface area (Å²) in [7, 11) is -3.92. The highest BCUT2D eigenvalue weighted by Gasteiger charge is 2.27. The van der Waals surface area contributed by atoms with Crippen molar-refractivity contribution in [2.45, 2.75) is 64.8 Å². The van der Waals surface area contributed by atoms with E-state index in [1.807, 2.05) is 43.5 Å². The third kappa shape index (κ3) is 8.62. The number of carboxylic acids is 1. The Labute approximate surface area is 236 Å². The molecule has 0 unspecified atom stereocenters. The van der Waals surface area contributed by atoms with Crippen molar-refractivity contribution in [2.24, 2.45) is 5.92 Å². The number of benzene rings is 2. The van der Waals surface area contributed by atoms with Crippen LogP contribution in [-0.2, 0) is 27.8 Å². The molecule has 0 saturated heterocycles. The molecule has 4 rings (SSSR count). The summed E-state index contributed by atoms with van der Waals surface area (Å²) in [6.07, 6.45) is 7.70. The second kappa shape index (κ2) is 13.5. The molecule has 3 aromatic rings. The van der Waals surface area contributed by atoms with Crippen LogP contribution in [-0.4, -0.2) is 47.6 Å². The molecule has 210 valence electrons. The smallest absolute Gasteiger partial charge is 0.320 e. The van der Waals surface area contributed by atoms with Crippen LogP contribution in [0.15, 0.2) is 53.9 Å². The monoisotopic (exact) mass is 569 g/mol. The number of sulfonamides is 1. The highest BCUT2D eigenvalue weighted by molar-refractivity contribution is 7.89. The molecule has 0 spiro atoms. The summed E-state index contributed by atoms with van der Waals surface area (Å²) in [5, 5.41) is 15.1. The fraction of sp³-hybridized carbons (Fsp3) is 0.467.